The first-order valence-corrected chi connectivity index (χ1v) is 13.3. The van der Waals surface area contributed by atoms with E-state index >= 15 is 0 Å². The minimum Gasteiger partial charge on any atom is -0.480 e. The van der Waals surface area contributed by atoms with Crippen molar-refractivity contribution in [1.29, 1.82) is 0 Å². The molecule has 0 saturated carbocycles. The van der Waals surface area contributed by atoms with Crippen molar-refractivity contribution in [2.24, 2.45) is 7.05 Å². The van der Waals surface area contributed by atoms with Crippen molar-refractivity contribution < 1.29 is 29.0 Å². The van der Waals surface area contributed by atoms with Gasteiger partial charge in [0.25, 0.3) is 0 Å². The number of imidazole rings is 1. The van der Waals surface area contributed by atoms with E-state index in [-0.39, 0.29) is 32.0 Å². The Morgan fingerprint density at radius 1 is 1.07 bits per heavy atom. The molecule has 1 saturated heterocycles. The summed E-state index contributed by atoms with van der Waals surface area (Å²) in [6.07, 6.45) is 2.32. The van der Waals surface area contributed by atoms with Crippen LogP contribution in [0.3, 0.4) is 0 Å². The topological polar surface area (TPSA) is 123 Å². The number of benzene rings is 2. The van der Waals surface area contributed by atoms with Gasteiger partial charge in [-0.1, -0.05) is 48.5 Å². The maximum absolute atomic E-state index is 13.6. The lowest BCUT2D eigenvalue weighted by atomic mass is 9.95. The Labute approximate surface area is 232 Å². The van der Waals surface area contributed by atoms with Crippen LogP contribution in [0.2, 0.25) is 0 Å². The van der Waals surface area contributed by atoms with E-state index in [4.69, 9.17) is 9.47 Å². The fraction of sp³-hybridized carbons (Fsp3) is 0.400. The Balaban J connectivity index is 1.38. The molecule has 1 aromatic heterocycles. The number of amides is 1. The van der Waals surface area contributed by atoms with Crippen LogP contribution in [-0.4, -0.2) is 67.9 Å². The van der Waals surface area contributed by atoms with Gasteiger partial charge in [-0.2, -0.15) is 0 Å². The van der Waals surface area contributed by atoms with E-state index in [2.05, 4.69) is 10.3 Å². The maximum atomic E-state index is 13.6. The molecule has 0 spiro atoms. The van der Waals surface area contributed by atoms with Crippen LogP contribution in [0.4, 0.5) is 4.79 Å². The van der Waals surface area contributed by atoms with E-state index in [0.29, 0.717) is 0 Å². The Hall–Kier alpha value is -4.18. The smallest absolute Gasteiger partial charge is 0.410 e. The highest BCUT2D eigenvalue weighted by Crippen LogP contribution is 2.44. The van der Waals surface area contributed by atoms with Gasteiger partial charge in [-0.05, 0) is 43.0 Å². The third-order valence-electron chi connectivity index (χ3n) is 7.54. The molecule has 2 unspecified atom stereocenters. The number of hydrogen-bond acceptors (Lipinski definition) is 7. The number of carboxylic acids is 1. The first kappa shape index (κ1) is 27.4. The highest BCUT2D eigenvalue weighted by molar-refractivity contribution is 5.88. The Morgan fingerprint density at radius 2 is 1.70 bits per heavy atom. The number of carbonyl (C=O) groups excluding carboxylic acids is 2. The number of esters is 1. The normalized spacial score (nSPS) is 20.2. The van der Waals surface area contributed by atoms with Gasteiger partial charge in [-0.25, -0.2) is 14.6 Å². The number of rotatable bonds is 7. The number of carbonyl (C=O) groups is 3. The molecule has 2 aliphatic rings. The SMILES string of the molecule is Cn1cncc1CNC1(C(=O)O)CC(C(=O)OC(C)(C)C)N(C(=O)OCC2c3ccccc3-c3ccccc32)C1. The van der Waals surface area contributed by atoms with E-state index in [1.165, 1.54) is 4.90 Å². The molecule has 1 fully saturated rings. The summed E-state index contributed by atoms with van der Waals surface area (Å²) in [6.45, 7) is 5.14. The summed E-state index contributed by atoms with van der Waals surface area (Å²) in [7, 11) is 1.80. The highest BCUT2D eigenvalue weighted by atomic mass is 16.6. The number of ether oxygens (including phenoxy) is 2. The predicted octanol–water partition coefficient (Wildman–Crippen LogP) is 3.70. The van der Waals surface area contributed by atoms with Crippen molar-refractivity contribution in [3.8, 4) is 11.1 Å². The zero-order chi connectivity index (χ0) is 28.7. The van der Waals surface area contributed by atoms with Crippen LogP contribution in [-0.2, 0) is 32.7 Å². The van der Waals surface area contributed by atoms with Crippen LogP contribution in [0.25, 0.3) is 11.1 Å². The summed E-state index contributed by atoms with van der Waals surface area (Å²) in [5.41, 5.74) is 2.65. The third kappa shape index (κ3) is 5.19. The number of fused-ring (bicyclic) bond motifs is 3. The van der Waals surface area contributed by atoms with E-state index in [1.54, 1.807) is 44.9 Å². The number of nitrogens with zero attached hydrogens (tertiary/aromatic N) is 3. The van der Waals surface area contributed by atoms with Crippen molar-refractivity contribution in [1.82, 2.24) is 19.8 Å². The van der Waals surface area contributed by atoms with Gasteiger partial charge in [0.2, 0.25) is 0 Å². The van der Waals surface area contributed by atoms with E-state index in [9.17, 15) is 19.5 Å². The molecule has 1 aliphatic carbocycles. The van der Waals surface area contributed by atoms with Crippen molar-refractivity contribution >= 4 is 18.0 Å². The Morgan fingerprint density at radius 3 is 2.25 bits per heavy atom. The summed E-state index contributed by atoms with van der Waals surface area (Å²) < 4.78 is 13.2. The van der Waals surface area contributed by atoms with Gasteiger partial charge < -0.3 is 19.1 Å². The van der Waals surface area contributed by atoms with Crippen LogP contribution in [0.15, 0.2) is 61.1 Å². The molecule has 2 aromatic carbocycles. The van der Waals surface area contributed by atoms with E-state index in [0.717, 1.165) is 27.9 Å². The minimum atomic E-state index is -1.59. The standard InChI is InChI=1S/C30H34N4O6/c1-29(2,3)40-26(35)25-13-30(27(36)37,32-15-19-14-31-18-33(19)4)17-34(25)28(38)39-16-24-22-11-7-5-9-20(22)21-10-6-8-12-23(21)24/h5-12,14,18,24-25,32H,13,15-17H2,1-4H3,(H,36,37). The molecular weight excluding hydrogens is 512 g/mol. The summed E-state index contributed by atoms with van der Waals surface area (Å²) in [4.78, 5) is 44.7. The monoisotopic (exact) mass is 546 g/mol. The summed E-state index contributed by atoms with van der Waals surface area (Å²) in [6, 6.07) is 14.9. The molecule has 1 amide bonds. The van der Waals surface area contributed by atoms with Crippen molar-refractivity contribution in [3.05, 3.63) is 77.9 Å². The lowest BCUT2D eigenvalue weighted by Gasteiger charge is -2.27. The number of carboxylic acid groups (broad SMARTS) is 1. The third-order valence-corrected chi connectivity index (χ3v) is 7.54. The Kier molecular flexibility index (Phi) is 7.14. The van der Waals surface area contributed by atoms with Gasteiger partial charge in [-0.3, -0.25) is 15.0 Å². The van der Waals surface area contributed by atoms with E-state index in [1.807, 2.05) is 48.5 Å². The zero-order valence-electron chi connectivity index (χ0n) is 23.1. The number of nitrogens with one attached hydrogen (secondary N) is 1. The van der Waals surface area contributed by atoms with E-state index < -0.39 is 35.2 Å². The molecule has 10 nitrogen and oxygen atoms in total. The average molecular weight is 547 g/mol. The molecule has 2 atom stereocenters. The van der Waals surface area contributed by atoms with Crippen molar-refractivity contribution in [2.75, 3.05) is 13.2 Å². The quantitative estimate of drug-likeness (QED) is 0.430. The molecule has 1 aliphatic heterocycles. The zero-order valence-corrected chi connectivity index (χ0v) is 23.1. The van der Waals surface area contributed by atoms with Gasteiger partial charge in [0, 0.05) is 32.1 Å². The molecule has 5 rings (SSSR count). The Bertz CT molecular complexity index is 1400. The number of likely N-dealkylation sites (tertiary alicyclic amines) is 1. The van der Waals surface area contributed by atoms with Crippen LogP contribution in [0.1, 0.15) is 49.9 Å². The van der Waals surface area contributed by atoms with Crippen molar-refractivity contribution in [2.45, 2.75) is 56.8 Å². The summed E-state index contributed by atoms with van der Waals surface area (Å²) in [5, 5.41) is 13.4. The van der Waals surface area contributed by atoms with Gasteiger partial charge in [0.1, 0.15) is 23.8 Å². The fourth-order valence-electron chi connectivity index (χ4n) is 5.53. The first-order chi connectivity index (χ1) is 19.0. The summed E-state index contributed by atoms with van der Waals surface area (Å²) in [5.74, 6) is -2.02. The van der Waals surface area contributed by atoms with Gasteiger partial charge in [-0.15, -0.1) is 0 Å². The molecule has 210 valence electrons. The van der Waals surface area contributed by atoms with Gasteiger partial charge >= 0.3 is 18.0 Å². The molecule has 2 heterocycles. The largest absolute Gasteiger partial charge is 0.480 e. The van der Waals surface area contributed by atoms with Crippen LogP contribution < -0.4 is 5.32 Å². The van der Waals surface area contributed by atoms with Crippen LogP contribution >= 0.6 is 0 Å². The van der Waals surface area contributed by atoms with Gasteiger partial charge in [0.15, 0.2) is 0 Å². The van der Waals surface area contributed by atoms with Crippen LogP contribution in [0.5, 0.6) is 0 Å². The molecule has 10 heteroatoms. The number of aryl methyl sites for hydroxylation is 1. The molecule has 0 radical (unpaired) electrons. The average Bonchev–Trinajstić information content (AvgIpc) is 3.59. The number of aromatic nitrogens is 2. The summed E-state index contributed by atoms with van der Waals surface area (Å²) >= 11 is 0. The second kappa shape index (κ2) is 10.4. The second-order valence-electron chi connectivity index (χ2n) is 11.4. The molecular formula is C30H34N4O6. The molecule has 2 N–H and O–H groups in total. The van der Waals surface area contributed by atoms with Crippen molar-refractivity contribution in [3.63, 3.8) is 0 Å². The lowest BCUT2D eigenvalue weighted by molar-refractivity contribution is -0.159. The van der Waals surface area contributed by atoms with Gasteiger partial charge in [0.05, 0.1) is 18.6 Å². The minimum absolute atomic E-state index is 0.0485. The second-order valence-corrected chi connectivity index (χ2v) is 11.4. The number of aliphatic carboxylic acids is 1. The lowest BCUT2D eigenvalue weighted by Crippen LogP contribution is -2.54. The highest BCUT2D eigenvalue weighted by Gasteiger charge is 2.55. The maximum Gasteiger partial charge on any atom is 0.410 e. The number of hydrogen-bond donors (Lipinski definition) is 2. The molecule has 0 bridgehead atoms. The predicted molar refractivity (Wildman–Crippen MR) is 146 cm³/mol. The molecule has 3 aromatic rings. The molecule has 40 heavy (non-hydrogen) atoms. The fourth-order valence-corrected chi connectivity index (χ4v) is 5.53. The van der Waals surface area contributed by atoms with Crippen LogP contribution in [0, 0.1) is 0 Å². The first-order valence-electron chi connectivity index (χ1n) is 13.3.